The molecule has 12 heteroatoms. The highest BCUT2D eigenvalue weighted by molar-refractivity contribution is 6.09. The van der Waals surface area contributed by atoms with E-state index in [4.69, 9.17) is 14.6 Å². The van der Waals surface area contributed by atoms with Gasteiger partial charge in [-0.15, -0.1) is 0 Å². The third-order valence-electron chi connectivity index (χ3n) is 7.42. The highest BCUT2D eigenvalue weighted by atomic mass is 16.7. The van der Waals surface area contributed by atoms with Crippen LogP contribution in [0.5, 0.6) is 17.2 Å². The first kappa shape index (κ1) is 31.3. The zero-order chi connectivity index (χ0) is 32.8. The van der Waals surface area contributed by atoms with Crippen molar-refractivity contribution in [2.45, 2.75) is 31.8 Å². The predicted octanol–water partition coefficient (Wildman–Crippen LogP) is 6.81. The van der Waals surface area contributed by atoms with Crippen molar-refractivity contribution in [3.8, 4) is 17.2 Å². The van der Waals surface area contributed by atoms with Crippen molar-refractivity contribution in [1.82, 2.24) is 4.90 Å². The molecule has 4 aromatic carbocycles. The highest BCUT2D eigenvalue weighted by Gasteiger charge is 2.33. The minimum atomic E-state index is -1.85. The van der Waals surface area contributed by atoms with Crippen molar-refractivity contribution < 1.29 is 53.5 Å². The average Bonchev–Trinajstić information content (AvgIpc) is 3.03. The fourth-order valence-electron chi connectivity index (χ4n) is 5.53. The summed E-state index contributed by atoms with van der Waals surface area (Å²) in [5.74, 6) is -2.96. The lowest BCUT2D eigenvalue weighted by Gasteiger charge is -2.36. The minimum Gasteiger partial charge on any atom is -0.449 e. The van der Waals surface area contributed by atoms with Gasteiger partial charge in [-0.25, -0.2) is 14.4 Å². The zero-order valence-electron chi connectivity index (χ0n) is 24.1. The van der Waals surface area contributed by atoms with Crippen LogP contribution in [-0.2, 0) is 13.0 Å². The van der Waals surface area contributed by atoms with E-state index < -0.39 is 53.2 Å². The van der Waals surface area contributed by atoms with Crippen LogP contribution in [0.3, 0.4) is 0 Å². The number of ether oxygens (including phenoxy) is 3. The normalized spacial score (nSPS) is 13.5. The van der Waals surface area contributed by atoms with E-state index in [1.165, 1.54) is 4.90 Å². The molecule has 4 aromatic rings. The second-order valence-corrected chi connectivity index (χ2v) is 10.3. The van der Waals surface area contributed by atoms with Gasteiger partial charge in [0.1, 0.15) is 0 Å². The Hall–Kier alpha value is -6.17. The summed E-state index contributed by atoms with van der Waals surface area (Å²) in [6.45, 7) is -0.0389. The first-order valence-corrected chi connectivity index (χ1v) is 14.1. The summed E-state index contributed by atoms with van der Waals surface area (Å²) in [5.41, 5.74) is 2.93. The van der Waals surface area contributed by atoms with Gasteiger partial charge in [-0.3, -0.25) is 9.59 Å². The molecule has 3 N–H and O–H groups in total. The van der Waals surface area contributed by atoms with Crippen LogP contribution in [-0.4, -0.2) is 50.4 Å². The van der Waals surface area contributed by atoms with E-state index in [1.54, 1.807) is 54.6 Å². The van der Waals surface area contributed by atoms with Gasteiger partial charge >= 0.3 is 18.5 Å². The van der Waals surface area contributed by atoms with Crippen LogP contribution >= 0.6 is 0 Å². The molecule has 0 saturated heterocycles. The monoisotopic (exact) mass is 625 g/mol. The maximum atomic E-state index is 14.5. The number of nitrogens with zero attached hydrogens (tertiary/aromatic N) is 1. The van der Waals surface area contributed by atoms with Crippen molar-refractivity contribution in [1.29, 1.82) is 0 Å². The number of hydrogen-bond donors (Lipinski definition) is 3. The number of aryl methyl sites for hydroxylation is 1. The number of rotatable bonds is 9. The largest absolute Gasteiger partial charge is 0.511 e. The highest BCUT2D eigenvalue weighted by Crippen LogP contribution is 2.40. The quantitative estimate of drug-likeness (QED) is 0.101. The van der Waals surface area contributed by atoms with Crippen LogP contribution in [0.4, 0.5) is 14.4 Å². The first-order valence-electron chi connectivity index (χ1n) is 14.1. The molecule has 1 aliphatic carbocycles. The Bertz CT molecular complexity index is 1820. The van der Waals surface area contributed by atoms with Gasteiger partial charge < -0.3 is 34.4 Å². The van der Waals surface area contributed by atoms with Crippen LogP contribution in [0.1, 0.15) is 61.9 Å². The van der Waals surface area contributed by atoms with Crippen molar-refractivity contribution in [3.05, 3.63) is 124 Å². The maximum absolute atomic E-state index is 14.5. The molecule has 1 atom stereocenters. The van der Waals surface area contributed by atoms with E-state index in [0.717, 1.165) is 36.1 Å². The van der Waals surface area contributed by atoms with Gasteiger partial charge in [0.25, 0.3) is 5.91 Å². The van der Waals surface area contributed by atoms with Crippen LogP contribution in [0.25, 0.3) is 0 Å². The number of ketones is 1. The summed E-state index contributed by atoms with van der Waals surface area (Å²) in [5, 5.41) is 27.8. The molecule has 0 bridgehead atoms. The van der Waals surface area contributed by atoms with Gasteiger partial charge in [0, 0.05) is 29.8 Å². The molecule has 0 unspecified atom stereocenters. The molecule has 1 amide bonds. The lowest BCUT2D eigenvalue weighted by Crippen LogP contribution is -2.36. The number of carbonyl (C=O) groups is 5. The molecule has 1 aliphatic rings. The van der Waals surface area contributed by atoms with Crippen molar-refractivity contribution >= 4 is 30.2 Å². The van der Waals surface area contributed by atoms with Gasteiger partial charge in [-0.05, 0) is 42.0 Å². The van der Waals surface area contributed by atoms with Crippen LogP contribution in [0.15, 0.2) is 91.0 Å². The van der Waals surface area contributed by atoms with Gasteiger partial charge in [-0.1, -0.05) is 72.8 Å². The lowest BCUT2D eigenvalue weighted by atomic mass is 9.86. The van der Waals surface area contributed by atoms with E-state index in [-0.39, 0.29) is 12.3 Å². The van der Waals surface area contributed by atoms with Gasteiger partial charge in [-0.2, -0.15) is 0 Å². The van der Waals surface area contributed by atoms with E-state index in [0.29, 0.717) is 23.1 Å². The van der Waals surface area contributed by atoms with Gasteiger partial charge in [0.15, 0.2) is 23.0 Å². The van der Waals surface area contributed by atoms with Crippen molar-refractivity contribution in [2.75, 3.05) is 0 Å². The van der Waals surface area contributed by atoms with Crippen LogP contribution in [0, 0.1) is 0 Å². The molecule has 46 heavy (non-hydrogen) atoms. The van der Waals surface area contributed by atoms with Gasteiger partial charge in [0.05, 0.1) is 11.6 Å². The topological polar surface area (TPSA) is 177 Å². The van der Waals surface area contributed by atoms with Gasteiger partial charge in [0.2, 0.25) is 0 Å². The Morgan fingerprint density at radius 2 is 1.28 bits per heavy atom. The molecular weight excluding hydrogens is 598 g/mol. The Balaban J connectivity index is 1.62. The van der Waals surface area contributed by atoms with E-state index in [1.807, 2.05) is 24.3 Å². The Kier molecular flexibility index (Phi) is 9.27. The molecule has 0 fully saturated rings. The summed E-state index contributed by atoms with van der Waals surface area (Å²) >= 11 is 0. The number of amides is 1. The number of benzene rings is 4. The maximum Gasteiger partial charge on any atom is 0.511 e. The summed E-state index contributed by atoms with van der Waals surface area (Å²) < 4.78 is 14.1. The summed E-state index contributed by atoms with van der Waals surface area (Å²) in [6, 6.07) is 24.2. The number of carboxylic acid groups (broad SMARTS) is 3. The smallest absolute Gasteiger partial charge is 0.449 e. The summed E-state index contributed by atoms with van der Waals surface area (Å²) in [4.78, 5) is 63.5. The first-order chi connectivity index (χ1) is 22.1. The third kappa shape index (κ3) is 7.13. The zero-order valence-corrected chi connectivity index (χ0v) is 24.1. The van der Waals surface area contributed by atoms with Crippen LogP contribution < -0.4 is 14.2 Å². The second kappa shape index (κ2) is 13.6. The molecule has 0 radical (unpaired) electrons. The minimum absolute atomic E-state index is 0.0389. The number of hydrogen-bond acceptors (Lipinski definition) is 8. The number of carbonyl (C=O) groups excluding carboxylic acids is 2. The van der Waals surface area contributed by atoms with Crippen molar-refractivity contribution in [3.63, 3.8) is 0 Å². The average molecular weight is 626 g/mol. The molecule has 0 heterocycles. The Labute approximate surface area is 262 Å². The van der Waals surface area contributed by atoms with E-state index >= 15 is 0 Å². The Morgan fingerprint density at radius 1 is 0.674 bits per heavy atom. The predicted molar refractivity (Wildman–Crippen MR) is 161 cm³/mol. The van der Waals surface area contributed by atoms with Crippen molar-refractivity contribution in [2.24, 2.45) is 0 Å². The molecular formula is C34H27NO11. The second-order valence-electron chi connectivity index (χ2n) is 10.3. The molecule has 12 nitrogen and oxygen atoms in total. The summed E-state index contributed by atoms with van der Waals surface area (Å²) in [7, 11) is 0. The van der Waals surface area contributed by atoms with Crippen LogP contribution in [0.2, 0.25) is 0 Å². The fraction of sp³-hybridized carbons (Fsp3) is 0.147. The fourth-order valence-corrected chi connectivity index (χ4v) is 5.53. The SMILES string of the molecule is O=C(O)Oc1cc(OC(=O)O)c(C(=O)N(Cc2cccc(C(=O)c3ccccc3)c2)[C@H]2CCCc3ccccc32)cc1OC(=O)O. The molecule has 0 saturated carbocycles. The number of fused-ring (bicyclic) bond motifs is 1. The Morgan fingerprint density at radius 3 is 1.98 bits per heavy atom. The molecule has 0 aliphatic heterocycles. The van der Waals surface area contributed by atoms with E-state index in [9.17, 15) is 34.2 Å². The molecule has 5 rings (SSSR count). The third-order valence-corrected chi connectivity index (χ3v) is 7.42. The molecule has 0 spiro atoms. The lowest BCUT2D eigenvalue weighted by molar-refractivity contribution is 0.0633. The molecule has 234 valence electrons. The van der Waals surface area contributed by atoms with E-state index in [2.05, 4.69) is 4.74 Å². The standard InChI is InChI=1S/C34H27NO11/c36-30(22-10-2-1-3-11-22)23-13-6-8-20(16-23)19-35(26-15-7-12-21-9-4-5-14-24(21)26)31(37)25-17-28(45-33(40)41)29(46-34(42)43)18-27(25)44-32(38)39/h1-6,8-11,13-14,16-18,26H,7,12,15,19H2,(H,38,39)(H,40,41)(H,42,43)/t26-/m0/s1. The molecule has 0 aromatic heterocycles. The summed E-state index contributed by atoms with van der Waals surface area (Å²) in [6.07, 6.45) is -3.45.